The van der Waals surface area contributed by atoms with Crippen molar-refractivity contribution < 1.29 is 13.2 Å². The molecule has 2 rings (SSSR count). The quantitative estimate of drug-likeness (QED) is 0.706. The molecule has 0 unspecified atom stereocenters. The fourth-order valence-corrected chi connectivity index (χ4v) is 4.13. The van der Waals surface area contributed by atoms with Gasteiger partial charge in [-0.1, -0.05) is 11.6 Å². The van der Waals surface area contributed by atoms with E-state index in [9.17, 15) is 8.42 Å². The van der Waals surface area contributed by atoms with E-state index in [-0.39, 0.29) is 10.0 Å². The number of aromatic nitrogens is 1. The molecule has 0 amide bonds. The van der Waals surface area contributed by atoms with Gasteiger partial charge in [0.2, 0.25) is 0 Å². The van der Waals surface area contributed by atoms with Gasteiger partial charge in [0, 0.05) is 20.3 Å². The largest absolute Gasteiger partial charge is 0.385 e. The van der Waals surface area contributed by atoms with Gasteiger partial charge in [0.05, 0.1) is 16.2 Å². The summed E-state index contributed by atoms with van der Waals surface area (Å²) in [5, 5.41) is 3.17. The third-order valence-corrected chi connectivity index (χ3v) is 5.75. The van der Waals surface area contributed by atoms with Gasteiger partial charge in [-0.05, 0) is 30.7 Å². The van der Waals surface area contributed by atoms with Crippen LogP contribution in [0.4, 0.5) is 11.5 Å². The zero-order chi connectivity index (χ0) is 16.0. The van der Waals surface area contributed by atoms with Crippen molar-refractivity contribution in [3.05, 3.63) is 34.8 Å². The van der Waals surface area contributed by atoms with Gasteiger partial charge in [0.25, 0.3) is 10.0 Å². The third kappa shape index (κ3) is 4.84. The molecule has 2 aromatic rings. The van der Waals surface area contributed by atoms with Crippen LogP contribution in [-0.2, 0) is 14.8 Å². The van der Waals surface area contributed by atoms with E-state index in [0.717, 1.165) is 30.0 Å². The molecule has 0 saturated carbocycles. The molecular weight excluding hydrogens is 346 g/mol. The van der Waals surface area contributed by atoms with Gasteiger partial charge in [-0.15, -0.1) is 11.3 Å². The Kier molecular flexibility index (Phi) is 6.01. The van der Waals surface area contributed by atoms with Crippen molar-refractivity contribution in [2.45, 2.75) is 10.6 Å². The molecule has 120 valence electrons. The predicted molar refractivity (Wildman–Crippen MR) is 89.4 cm³/mol. The molecule has 0 aliphatic heterocycles. The van der Waals surface area contributed by atoms with Crippen LogP contribution in [-0.4, -0.2) is 33.7 Å². The molecule has 0 radical (unpaired) electrons. The van der Waals surface area contributed by atoms with Crippen LogP contribution in [0, 0.1) is 0 Å². The minimum absolute atomic E-state index is 0.154. The Balaban J connectivity index is 1.96. The molecule has 2 N–H and O–H groups in total. The maximum absolute atomic E-state index is 12.1. The lowest BCUT2D eigenvalue weighted by Gasteiger charge is -2.08. The molecular formula is C13H16ClN3O3S2. The highest BCUT2D eigenvalue weighted by atomic mass is 35.5. The van der Waals surface area contributed by atoms with Crippen LogP contribution in [0.25, 0.3) is 0 Å². The number of thiophene rings is 1. The number of ether oxygens (including phenoxy) is 1. The fraction of sp³-hybridized carbons (Fsp3) is 0.308. The van der Waals surface area contributed by atoms with E-state index in [4.69, 9.17) is 16.3 Å². The molecule has 22 heavy (non-hydrogen) atoms. The summed E-state index contributed by atoms with van der Waals surface area (Å²) >= 11 is 6.75. The van der Waals surface area contributed by atoms with Crippen LogP contribution >= 0.6 is 22.9 Å². The number of hydrogen-bond donors (Lipinski definition) is 2. The highest BCUT2D eigenvalue weighted by Crippen LogP contribution is 2.26. The van der Waals surface area contributed by atoms with Crippen molar-refractivity contribution in [1.82, 2.24) is 4.98 Å². The first-order chi connectivity index (χ1) is 10.5. The van der Waals surface area contributed by atoms with Gasteiger partial charge in [0.15, 0.2) is 0 Å². The molecule has 6 nitrogen and oxygen atoms in total. The van der Waals surface area contributed by atoms with Gasteiger partial charge in [0.1, 0.15) is 10.0 Å². The van der Waals surface area contributed by atoms with Crippen LogP contribution in [0.2, 0.25) is 4.34 Å². The lowest BCUT2D eigenvalue weighted by Crippen LogP contribution is -2.12. The monoisotopic (exact) mass is 361 g/mol. The molecule has 0 fully saturated rings. The lowest BCUT2D eigenvalue weighted by atomic mass is 10.4. The van der Waals surface area contributed by atoms with Gasteiger partial charge >= 0.3 is 0 Å². The number of rotatable bonds is 8. The molecule has 0 atom stereocenters. The summed E-state index contributed by atoms with van der Waals surface area (Å²) < 4.78 is 32.2. The second kappa shape index (κ2) is 7.77. The Labute approximate surface area is 138 Å². The molecule has 2 heterocycles. The Bertz CT molecular complexity index is 702. The van der Waals surface area contributed by atoms with Gasteiger partial charge in [-0.2, -0.15) is 0 Å². The Hall–Kier alpha value is -1.35. The van der Waals surface area contributed by atoms with E-state index in [0.29, 0.717) is 10.9 Å². The second-order valence-electron chi connectivity index (χ2n) is 4.37. The first-order valence-electron chi connectivity index (χ1n) is 6.48. The Morgan fingerprint density at radius 2 is 2.14 bits per heavy atom. The maximum Gasteiger partial charge on any atom is 0.272 e. The summed E-state index contributed by atoms with van der Waals surface area (Å²) in [5.41, 5.74) is 0.818. The first-order valence-corrected chi connectivity index (χ1v) is 9.16. The van der Waals surface area contributed by atoms with Gasteiger partial charge in [-0.3, -0.25) is 4.72 Å². The molecule has 0 saturated heterocycles. The molecule has 0 aliphatic carbocycles. The van der Waals surface area contributed by atoms with Crippen molar-refractivity contribution in [3.63, 3.8) is 0 Å². The van der Waals surface area contributed by atoms with Crippen molar-refractivity contribution in [2.24, 2.45) is 0 Å². The average molecular weight is 362 g/mol. The number of hydrogen-bond acceptors (Lipinski definition) is 6. The van der Waals surface area contributed by atoms with E-state index in [2.05, 4.69) is 15.0 Å². The Morgan fingerprint density at radius 3 is 2.73 bits per heavy atom. The van der Waals surface area contributed by atoms with Crippen LogP contribution in [0.3, 0.4) is 0 Å². The fourth-order valence-electron chi connectivity index (χ4n) is 1.64. The van der Waals surface area contributed by atoms with E-state index in [1.165, 1.54) is 6.07 Å². The molecule has 2 aromatic heterocycles. The minimum atomic E-state index is -3.65. The summed E-state index contributed by atoms with van der Waals surface area (Å²) in [5.74, 6) is 0.256. The van der Waals surface area contributed by atoms with Gasteiger partial charge < -0.3 is 10.1 Å². The summed E-state index contributed by atoms with van der Waals surface area (Å²) in [6, 6.07) is 6.37. The number of nitrogens with one attached hydrogen (secondary N) is 2. The molecule has 0 aromatic carbocycles. The van der Waals surface area contributed by atoms with E-state index < -0.39 is 10.0 Å². The predicted octanol–water partition coefficient (Wildman–Crippen LogP) is 3.05. The van der Waals surface area contributed by atoms with E-state index >= 15 is 0 Å². The smallest absolute Gasteiger partial charge is 0.272 e. The molecule has 0 bridgehead atoms. The summed E-state index contributed by atoms with van der Waals surface area (Å²) in [4.78, 5) is 4.08. The zero-order valence-corrected chi connectivity index (χ0v) is 14.3. The number of nitrogens with zero attached hydrogens (tertiary/aromatic N) is 1. The van der Waals surface area contributed by atoms with Crippen LogP contribution < -0.4 is 10.0 Å². The number of pyridine rings is 1. The lowest BCUT2D eigenvalue weighted by molar-refractivity contribution is 0.198. The maximum atomic E-state index is 12.1. The highest BCUT2D eigenvalue weighted by Gasteiger charge is 2.17. The molecule has 9 heteroatoms. The van der Waals surface area contributed by atoms with E-state index in [1.807, 2.05) is 0 Å². The van der Waals surface area contributed by atoms with Gasteiger partial charge in [-0.25, -0.2) is 13.4 Å². The molecule has 0 spiro atoms. The second-order valence-corrected chi connectivity index (χ2v) is 7.99. The zero-order valence-electron chi connectivity index (χ0n) is 11.9. The number of halogens is 1. The summed E-state index contributed by atoms with van der Waals surface area (Å²) in [6.07, 6.45) is 2.45. The van der Waals surface area contributed by atoms with E-state index in [1.54, 1.807) is 31.5 Å². The first kappa shape index (κ1) is 17.0. The van der Waals surface area contributed by atoms with Crippen molar-refractivity contribution in [3.8, 4) is 0 Å². The minimum Gasteiger partial charge on any atom is -0.385 e. The summed E-state index contributed by atoms with van der Waals surface area (Å²) in [7, 11) is -1.99. The number of sulfonamides is 1. The Morgan fingerprint density at radius 1 is 1.32 bits per heavy atom. The highest BCUT2D eigenvalue weighted by molar-refractivity contribution is 7.94. The third-order valence-electron chi connectivity index (χ3n) is 2.67. The number of anilines is 2. The normalized spacial score (nSPS) is 11.4. The standard InChI is InChI=1S/C13H16ClN3O3S2/c1-20-8-2-7-15-10-3-5-12(16-9-10)17-22(18,19)13-6-4-11(14)21-13/h3-6,9,15H,2,7-8H2,1H3,(H,16,17). The van der Waals surface area contributed by atoms with Crippen molar-refractivity contribution in [1.29, 1.82) is 0 Å². The SMILES string of the molecule is COCCCNc1ccc(NS(=O)(=O)c2ccc(Cl)s2)nc1. The van der Waals surface area contributed by atoms with Crippen LogP contribution in [0.5, 0.6) is 0 Å². The molecule has 0 aliphatic rings. The van der Waals surface area contributed by atoms with Crippen molar-refractivity contribution >= 4 is 44.5 Å². The average Bonchev–Trinajstić information content (AvgIpc) is 2.93. The number of methoxy groups -OCH3 is 1. The van der Waals surface area contributed by atoms with Crippen LogP contribution in [0.15, 0.2) is 34.7 Å². The van der Waals surface area contributed by atoms with Crippen LogP contribution in [0.1, 0.15) is 6.42 Å². The topological polar surface area (TPSA) is 80.3 Å². The summed E-state index contributed by atoms with van der Waals surface area (Å²) in [6.45, 7) is 1.44. The van der Waals surface area contributed by atoms with Crippen molar-refractivity contribution in [2.75, 3.05) is 30.3 Å².